The molecule has 190 valence electrons. The Balaban J connectivity index is 2.00. The number of carbonyl (C=O) groups is 2. The molecule has 0 bridgehead atoms. The van der Waals surface area contributed by atoms with Gasteiger partial charge in [-0.3, -0.25) is 9.59 Å². The number of hydrogen-bond acceptors (Lipinski definition) is 2. The molecule has 1 N–H and O–H groups in total. The van der Waals surface area contributed by atoms with E-state index in [0.29, 0.717) is 22.0 Å². The van der Waals surface area contributed by atoms with Crippen LogP contribution in [0.2, 0.25) is 10.0 Å². The molecule has 6 heteroatoms. The van der Waals surface area contributed by atoms with E-state index >= 15 is 0 Å². The molecular formula is C30H34Cl2N2O2. The second-order valence-electron chi connectivity index (χ2n) is 9.04. The van der Waals surface area contributed by atoms with Crippen LogP contribution < -0.4 is 5.32 Å². The topological polar surface area (TPSA) is 49.4 Å². The van der Waals surface area contributed by atoms with Crippen LogP contribution in [0, 0.1) is 0 Å². The molecule has 0 unspecified atom stereocenters. The Kier molecular flexibility index (Phi) is 10.4. The van der Waals surface area contributed by atoms with Crippen molar-refractivity contribution in [1.82, 2.24) is 10.2 Å². The number of hydrogen-bond donors (Lipinski definition) is 1. The van der Waals surface area contributed by atoms with E-state index in [1.54, 1.807) is 23.1 Å². The molecule has 0 heterocycles. The van der Waals surface area contributed by atoms with E-state index in [1.807, 2.05) is 81.4 Å². The summed E-state index contributed by atoms with van der Waals surface area (Å²) in [4.78, 5) is 29.0. The van der Waals surface area contributed by atoms with Crippen molar-refractivity contribution in [2.45, 2.75) is 64.6 Å². The highest BCUT2D eigenvalue weighted by atomic mass is 35.5. The molecule has 3 aromatic rings. The van der Waals surface area contributed by atoms with Crippen LogP contribution in [0.4, 0.5) is 0 Å². The van der Waals surface area contributed by atoms with Crippen molar-refractivity contribution in [3.63, 3.8) is 0 Å². The standard InChI is InChI=1S/C30H34Cl2N2O2/c1-4-21(3)33-30(36)28(5-2)34(20-25-26(31)17-12-18-27(25)32)29(35)19-24(22-13-8-6-9-14-22)23-15-10-7-11-16-23/h6-18,21,24,28H,4-5,19-20H2,1-3H3,(H,33,36)/t21-,28+/m1/s1. The molecule has 3 aromatic carbocycles. The minimum Gasteiger partial charge on any atom is -0.352 e. The Bertz CT molecular complexity index is 1080. The molecule has 2 amide bonds. The van der Waals surface area contributed by atoms with E-state index < -0.39 is 6.04 Å². The summed E-state index contributed by atoms with van der Waals surface area (Å²) in [5.74, 6) is -0.451. The van der Waals surface area contributed by atoms with Crippen molar-refractivity contribution < 1.29 is 9.59 Å². The molecule has 0 aliphatic rings. The summed E-state index contributed by atoms with van der Waals surface area (Å²) < 4.78 is 0. The molecule has 3 rings (SSSR count). The van der Waals surface area contributed by atoms with Crippen molar-refractivity contribution in [3.05, 3.63) is 106 Å². The minimum absolute atomic E-state index is 0.00814. The Morgan fingerprint density at radius 1 is 0.806 bits per heavy atom. The Morgan fingerprint density at radius 2 is 1.33 bits per heavy atom. The number of rotatable bonds is 11. The average Bonchev–Trinajstić information content (AvgIpc) is 2.89. The summed E-state index contributed by atoms with van der Waals surface area (Å²) in [5.41, 5.74) is 2.73. The van der Waals surface area contributed by atoms with Crippen LogP contribution in [0.15, 0.2) is 78.9 Å². The number of halogens is 2. The van der Waals surface area contributed by atoms with Gasteiger partial charge in [0.1, 0.15) is 6.04 Å². The number of amides is 2. The first-order valence-corrected chi connectivity index (χ1v) is 13.2. The van der Waals surface area contributed by atoms with Crippen molar-refractivity contribution >= 4 is 35.0 Å². The lowest BCUT2D eigenvalue weighted by atomic mass is 9.88. The largest absolute Gasteiger partial charge is 0.352 e. The van der Waals surface area contributed by atoms with Gasteiger partial charge in [-0.05, 0) is 43.0 Å². The second-order valence-corrected chi connectivity index (χ2v) is 9.86. The van der Waals surface area contributed by atoms with Gasteiger partial charge in [-0.15, -0.1) is 0 Å². The molecule has 0 radical (unpaired) electrons. The first kappa shape index (κ1) is 27.8. The monoisotopic (exact) mass is 524 g/mol. The van der Waals surface area contributed by atoms with Gasteiger partial charge in [0.15, 0.2) is 0 Å². The Labute approximate surface area is 224 Å². The highest BCUT2D eigenvalue weighted by Gasteiger charge is 2.32. The predicted octanol–water partition coefficient (Wildman–Crippen LogP) is 7.24. The maximum absolute atomic E-state index is 14.0. The van der Waals surface area contributed by atoms with E-state index in [9.17, 15) is 9.59 Å². The fourth-order valence-corrected chi connectivity index (χ4v) is 4.82. The lowest BCUT2D eigenvalue weighted by Crippen LogP contribution is -2.51. The number of carbonyl (C=O) groups excluding carboxylic acids is 2. The Hall–Kier alpha value is -2.82. The van der Waals surface area contributed by atoms with Gasteiger partial charge in [0, 0.05) is 40.5 Å². The molecule has 0 aromatic heterocycles. The molecule has 0 saturated heterocycles. The fraction of sp³-hybridized carbons (Fsp3) is 0.333. The smallest absolute Gasteiger partial charge is 0.243 e. The van der Waals surface area contributed by atoms with Crippen LogP contribution >= 0.6 is 23.2 Å². The second kappa shape index (κ2) is 13.5. The highest BCUT2D eigenvalue weighted by molar-refractivity contribution is 6.36. The molecule has 0 saturated carbocycles. The summed E-state index contributed by atoms with van der Waals surface area (Å²) in [6, 6.07) is 24.6. The fourth-order valence-electron chi connectivity index (χ4n) is 4.31. The lowest BCUT2D eigenvalue weighted by Gasteiger charge is -2.33. The van der Waals surface area contributed by atoms with E-state index in [-0.39, 0.29) is 36.7 Å². The van der Waals surface area contributed by atoms with Crippen LogP contribution in [0.5, 0.6) is 0 Å². The van der Waals surface area contributed by atoms with E-state index in [4.69, 9.17) is 23.2 Å². The highest BCUT2D eigenvalue weighted by Crippen LogP contribution is 2.31. The molecule has 0 fully saturated rings. The summed E-state index contributed by atoms with van der Waals surface area (Å²) in [5, 5.41) is 3.99. The lowest BCUT2D eigenvalue weighted by molar-refractivity contribution is -0.141. The SMILES string of the molecule is CC[C@@H](C)NC(=O)[C@H](CC)N(Cc1c(Cl)cccc1Cl)C(=O)CC(c1ccccc1)c1ccccc1. The number of benzene rings is 3. The molecule has 0 aliphatic carbocycles. The molecule has 0 aliphatic heterocycles. The molecular weight excluding hydrogens is 491 g/mol. The van der Waals surface area contributed by atoms with Crippen LogP contribution in [0.1, 0.15) is 62.6 Å². The summed E-state index contributed by atoms with van der Waals surface area (Å²) in [6.45, 7) is 6.05. The van der Waals surface area contributed by atoms with Gasteiger partial charge >= 0.3 is 0 Å². The van der Waals surface area contributed by atoms with E-state index in [1.165, 1.54) is 0 Å². The zero-order valence-corrected chi connectivity index (χ0v) is 22.6. The zero-order valence-electron chi connectivity index (χ0n) is 21.1. The third kappa shape index (κ3) is 7.11. The van der Waals surface area contributed by atoms with Gasteiger partial charge in [-0.1, -0.05) is 104 Å². The summed E-state index contributed by atoms with van der Waals surface area (Å²) in [7, 11) is 0. The molecule has 4 nitrogen and oxygen atoms in total. The van der Waals surface area contributed by atoms with Crippen molar-refractivity contribution in [3.8, 4) is 0 Å². The van der Waals surface area contributed by atoms with Crippen molar-refractivity contribution in [2.24, 2.45) is 0 Å². The third-order valence-electron chi connectivity index (χ3n) is 6.56. The van der Waals surface area contributed by atoms with Gasteiger partial charge in [0.2, 0.25) is 11.8 Å². The third-order valence-corrected chi connectivity index (χ3v) is 7.27. The van der Waals surface area contributed by atoms with E-state index in [2.05, 4.69) is 5.32 Å². The van der Waals surface area contributed by atoms with Gasteiger partial charge in [0.25, 0.3) is 0 Å². The average molecular weight is 526 g/mol. The first-order valence-electron chi connectivity index (χ1n) is 12.5. The molecule has 0 spiro atoms. The number of nitrogens with zero attached hydrogens (tertiary/aromatic N) is 1. The van der Waals surface area contributed by atoms with Gasteiger partial charge < -0.3 is 10.2 Å². The van der Waals surface area contributed by atoms with E-state index in [0.717, 1.165) is 17.5 Å². The van der Waals surface area contributed by atoms with Crippen LogP contribution in [0.25, 0.3) is 0 Å². The maximum atomic E-state index is 14.0. The quantitative estimate of drug-likeness (QED) is 0.287. The normalized spacial score (nSPS) is 12.7. The Morgan fingerprint density at radius 3 is 1.81 bits per heavy atom. The zero-order chi connectivity index (χ0) is 26.1. The first-order chi connectivity index (χ1) is 17.3. The summed E-state index contributed by atoms with van der Waals surface area (Å²) >= 11 is 13.0. The van der Waals surface area contributed by atoms with Crippen LogP contribution in [0.3, 0.4) is 0 Å². The van der Waals surface area contributed by atoms with Crippen LogP contribution in [-0.4, -0.2) is 28.8 Å². The predicted molar refractivity (Wildman–Crippen MR) is 148 cm³/mol. The van der Waals surface area contributed by atoms with Gasteiger partial charge in [-0.25, -0.2) is 0 Å². The number of nitrogens with one attached hydrogen (secondary N) is 1. The van der Waals surface area contributed by atoms with Crippen molar-refractivity contribution in [1.29, 1.82) is 0 Å². The van der Waals surface area contributed by atoms with Gasteiger partial charge in [-0.2, -0.15) is 0 Å². The molecule has 2 atom stereocenters. The van der Waals surface area contributed by atoms with Crippen LogP contribution in [-0.2, 0) is 16.1 Å². The van der Waals surface area contributed by atoms with Gasteiger partial charge in [0.05, 0.1) is 0 Å². The maximum Gasteiger partial charge on any atom is 0.243 e. The minimum atomic E-state index is -0.647. The van der Waals surface area contributed by atoms with Crippen molar-refractivity contribution in [2.75, 3.05) is 0 Å². The molecule has 36 heavy (non-hydrogen) atoms. The summed E-state index contributed by atoms with van der Waals surface area (Å²) in [6.07, 6.45) is 1.48.